The lowest BCUT2D eigenvalue weighted by molar-refractivity contribution is 0.0890. The maximum atomic E-state index is 8.51. The number of ether oxygens (including phenoxy) is 1. The van der Waals surface area contributed by atoms with E-state index in [1.54, 1.807) is 7.11 Å². The van der Waals surface area contributed by atoms with Crippen LogP contribution < -0.4 is 5.73 Å². The topological polar surface area (TPSA) is 74.3 Å². The van der Waals surface area contributed by atoms with Gasteiger partial charge in [-0.25, -0.2) is 0 Å². The highest BCUT2D eigenvalue weighted by Gasteiger charge is 2.21. The van der Waals surface area contributed by atoms with Crippen molar-refractivity contribution in [3.8, 4) is 0 Å². The normalized spacial score (nSPS) is 21.6. The summed E-state index contributed by atoms with van der Waals surface area (Å²) in [5.41, 5.74) is 5.49. The van der Waals surface area contributed by atoms with Crippen LogP contribution >= 0.6 is 0 Å². The summed E-state index contributed by atoms with van der Waals surface area (Å²) in [6.45, 7) is 7.59. The number of nitrogens with two attached hydrogens (primary N) is 1. The third-order valence-corrected chi connectivity index (χ3v) is 3.28. The predicted octanol–water partition coefficient (Wildman–Crippen LogP) is -0.225. The number of hydrogen-bond acceptors (Lipinski definition) is 5. The van der Waals surface area contributed by atoms with Gasteiger partial charge in [0.1, 0.15) is 0 Å². The molecule has 0 radical (unpaired) electrons. The van der Waals surface area contributed by atoms with Crippen LogP contribution in [0.15, 0.2) is 5.16 Å². The van der Waals surface area contributed by atoms with Crippen molar-refractivity contribution in [3.63, 3.8) is 0 Å². The first-order valence-electron chi connectivity index (χ1n) is 6.09. The van der Waals surface area contributed by atoms with Crippen molar-refractivity contribution >= 4 is 5.84 Å². The fourth-order valence-corrected chi connectivity index (χ4v) is 2.09. The van der Waals surface area contributed by atoms with Crippen molar-refractivity contribution in [2.75, 3.05) is 46.4 Å². The Morgan fingerprint density at radius 3 is 2.59 bits per heavy atom. The average Bonchev–Trinajstić information content (AvgIpc) is 2.36. The van der Waals surface area contributed by atoms with Crippen LogP contribution in [0.4, 0.5) is 0 Å². The van der Waals surface area contributed by atoms with Gasteiger partial charge in [0.05, 0.1) is 6.54 Å². The van der Waals surface area contributed by atoms with Crippen LogP contribution in [0.1, 0.15) is 13.3 Å². The molecule has 0 amide bonds. The lowest BCUT2D eigenvalue weighted by atomic mass is 10.2. The first kappa shape index (κ1) is 14.2. The molecule has 0 aromatic carbocycles. The molecular formula is C11H24N4O2. The second-order valence-electron chi connectivity index (χ2n) is 4.53. The highest BCUT2D eigenvalue weighted by atomic mass is 16.5. The van der Waals surface area contributed by atoms with Crippen LogP contribution in [0.3, 0.4) is 0 Å². The summed E-state index contributed by atoms with van der Waals surface area (Å²) in [6.07, 6.45) is 1.07. The minimum absolute atomic E-state index is 0.283. The molecule has 1 unspecified atom stereocenters. The molecule has 0 aliphatic carbocycles. The molecule has 0 aromatic heterocycles. The van der Waals surface area contributed by atoms with Gasteiger partial charge in [0.2, 0.25) is 0 Å². The van der Waals surface area contributed by atoms with Crippen molar-refractivity contribution < 1.29 is 9.94 Å². The molecule has 0 spiro atoms. The quantitative estimate of drug-likeness (QED) is 0.292. The number of nitrogens with zero attached hydrogens (tertiary/aromatic N) is 3. The first-order valence-corrected chi connectivity index (χ1v) is 6.09. The molecule has 1 aliphatic heterocycles. The van der Waals surface area contributed by atoms with E-state index in [1.165, 1.54) is 0 Å². The highest BCUT2D eigenvalue weighted by molar-refractivity contribution is 5.81. The summed E-state index contributed by atoms with van der Waals surface area (Å²) in [6, 6.07) is 0.556. The maximum absolute atomic E-state index is 8.51. The summed E-state index contributed by atoms with van der Waals surface area (Å²) in [5.74, 6) is 0.283. The van der Waals surface area contributed by atoms with Gasteiger partial charge in [-0.2, -0.15) is 0 Å². The third-order valence-electron chi connectivity index (χ3n) is 3.28. The van der Waals surface area contributed by atoms with Crippen LogP contribution in [-0.4, -0.2) is 73.3 Å². The molecule has 6 nitrogen and oxygen atoms in total. The van der Waals surface area contributed by atoms with Crippen LogP contribution in [-0.2, 0) is 4.74 Å². The fraction of sp³-hybridized carbons (Fsp3) is 0.909. The molecule has 1 rings (SSSR count). The number of hydrogen-bond donors (Lipinski definition) is 2. The van der Waals surface area contributed by atoms with Gasteiger partial charge in [-0.3, -0.25) is 9.80 Å². The van der Waals surface area contributed by atoms with Gasteiger partial charge in [0, 0.05) is 45.9 Å². The number of methoxy groups -OCH3 is 1. The molecule has 1 saturated heterocycles. The molecule has 1 aliphatic rings. The molecule has 1 fully saturated rings. The summed E-state index contributed by atoms with van der Waals surface area (Å²) in [7, 11) is 1.74. The van der Waals surface area contributed by atoms with Crippen LogP contribution in [0.2, 0.25) is 0 Å². The lowest BCUT2D eigenvalue weighted by Gasteiger charge is -2.37. The van der Waals surface area contributed by atoms with E-state index in [9.17, 15) is 0 Å². The number of oxime groups is 1. The van der Waals surface area contributed by atoms with Gasteiger partial charge >= 0.3 is 0 Å². The summed E-state index contributed by atoms with van der Waals surface area (Å²) in [5, 5.41) is 11.5. The second-order valence-corrected chi connectivity index (χ2v) is 4.53. The van der Waals surface area contributed by atoms with Crippen molar-refractivity contribution in [1.29, 1.82) is 0 Å². The molecule has 3 N–H and O–H groups in total. The average molecular weight is 244 g/mol. The summed E-state index contributed by atoms with van der Waals surface area (Å²) in [4.78, 5) is 4.66. The Hall–Kier alpha value is -0.850. The van der Waals surface area contributed by atoms with E-state index >= 15 is 0 Å². The van der Waals surface area contributed by atoms with E-state index in [4.69, 9.17) is 15.7 Å². The Kier molecular flexibility index (Phi) is 6.25. The molecule has 1 atom stereocenters. The fourth-order valence-electron chi connectivity index (χ4n) is 2.09. The molecule has 0 aromatic rings. The Morgan fingerprint density at radius 2 is 2.06 bits per heavy atom. The Balaban J connectivity index is 2.25. The Bertz CT molecular complexity index is 240. The largest absolute Gasteiger partial charge is 0.409 e. The minimum atomic E-state index is 0.283. The molecule has 1 heterocycles. The number of rotatable bonds is 6. The zero-order valence-electron chi connectivity index (χ0n) is 10.8. The second kappa shape index (κ2) is 7.47. The highest BCUT2D eigenvalue weighted by Crippen LogP contribution is 2.08. The monoisotopic (exact) mass is 244 g/mol. The minimum Gasteiger partial charge on any atom is -0.409 e. The van der Waals surface area contributed by atoms with E-state index in [0.29, 0.717) is 12.6 Å². The maximum Gasteiger partial charge on any atom is 0.153 e. The van der Waals surface area contributed by atoms with E-state index < -0.39 is 0 Å². The zero-order valence-corrected chi connectivity index (χ0v) is 10.8. The van der Waals surface area contributed by atoms with Crippen molar-refractivity contribution in [2.24, 2.45) is 10.9 Å². The summed E-state index contributed by atoms with van der Waals surface area (Å²) >= 11 is 0. The van der Waals surface area contributed by atoms with Gasteiger partial charge in [-0.15, -0.1) is 0 Å². The Morgan fingerprint density at radius 1 is 1.41 bits per heavy atom. The SMILES string of the molecule is COCCC(C)N1CCN(CC(N)=NO)CC1. The van der Waals surface area contributed by atoms with Gasteiger partial charge in [0.15, 0.2) is 5.84 Å². The molecule has 6 heteroatoms. The molecule has 0 saturated carbocycles. The van der Waals surface area contributed by atoms with Gasteiger partial charge in [-0.1, -0.05) is 5.16 Å². The van der Waals surface area contributed by atoms with Gasteiger partial charge < -0.3 is 15.7 Å². The molecule has 17 heavy (non-hydrogen) atoms. The van der Waals surface area contributed by atoms with Gasteiger partial charge in [-0.05, 0) is 13.3 Å². The smallest absolute Gasteiger partial charge is 0.153 e. The molecular weight excluding hydrogens is 220 g/mol. The van der Waals surface area contributed by atoms with E-state index in [2.05, 4.69) is 21.9 Å². The lowest BCUT2D eigenvalue weighted by Crippen LogP contribution is -2.51. The van der Waals surface area contributed by atoms with Gasteiger partial charge in [0.25, 0.3) is 0 Å². The van der Waals surface area contributed by atoms with Crippen molar-refractivity contribution in [1.82, 2.24) is 9.80 Å². The first-order chi connectivity index (χ1) is 8.17. The number of amidine groups is 1. The van der Waals surface area contributed by atoms with Crippen molar-refractivity contribution in [3.05, 3.63) is 0 Å². The standard InChI is InChI=1S/C11H24N4O2/c1-10(3-8-17-2)15-6-4-14(5-7-15)9-11(12)13-16/h10,16H,3-9H2,1-2H3,(H2,12,13). The van der Waals surface area contributed by atoms with E-state index in [1.807, 2.05) is 0 Å². The van der Waals surface area contributed by atoms with Crippen molar-refractivity contribution in [2.45, 2.75) is 19.4 Å². The number of piperazine rings is 1. The predicted molar refractivity (Wildman–Crippen MR) is 67.4 cm³/mol. The van der Waals surface area contributed by atoms with E-state index in [0.717, 1.165) is 39.2 Å². The molecule has 100 valence electrons. The third kappa shape index (κ3) is 4.89. The Labute approximate surface area is 103 Å². The van der Waals surface area contributed by atoms with Crippen LogP contribution in [0.5, 0.6) is 0 Å². The van der Waals surface area contributed by atoms with Crippen LogP contribution in [0.25, 0.3) is 0 Å². The van der Waals surface area contributed by atoms with Crippen LogP contribution in [0, 0.1) is 0 Å². The van der Waals surface area contributed by atoms with E-state index in [-0.39, 0.29) is 5.84 Å². The molecule has 0 bridgehead atoms. The zero-order chi connectivity index (χ0) is 12.7. The summed E-state index contributed by atoms with van der Waals surface area (Å²) < 4.78 is 5.09.